The molecule has 27 heavy (non-hydrogen) atoms. The number of nitrogens with one attached hydrogen (secondary N) is 1. The van der Waals surface area contributed by atoms with Crippen molar-refractivity contribution < 1.29 is 13.6 Å². The maximum Gasteiger partial charge on any atom is 0.226 e. The first kappa shape index (κ1) is 16.0. The minimum Gasteiger partial charge on any atom is -0.469 e. The normalized spacial score (nSPS) is 21.6. The van der Waals surface area contributed by atoms with Crippen LogP contribution in [0.2, 0.25) is 0 Å². The number of hydrogen-bond donors (Lipinski definition) is 1. The van der Waals surface area contributed by atoms with Crippen LogP contribution in [0.1, 0.15) is 41.9 Å². The molecule has 0 saturated heterocycles. The molecule has 6 nitrogen and oxygen atoms in total. The molecule has 2 unspecified atom stereocenters. The molecule has 2 aliphatic rings. The standard InChI is InChI=1S/C20H17FN4O2/c1-11-22-20-23-15-9-13(17-3-2-8-27-17)10-16(26)18(15)19(25(20)24-11)12-4-6-14(21)7-5-12/h2-8,13,19H,9-10H2,1H3,(H,22,23,24). The van der Waals surface area contributed by atoms with E-state index in [1.54, 1.807) is 30.0 Å². The largest absolute Gasteiger partial charge is 0.469 e. The number of ketones is 1. The van der Waals surface area contributed by atoms with Gasteiger partial charge < -0.3 is 9.73 Å². The van der Waals surface area contributed by atoms with Crippen molar-refractivity contribution in [2.24, 2.45) is 0 Å². The zero-order valence-corrected chi connectivity index (χ0v) is 14.6. The predicted octanol–water partition coefficient (Wildman–Crippen LogP) is 3.73. The van der Waals surface area contributed by atoms with Gasteiger partial charge in [0.05, 0.1) is 6.26 Å². The minimum absolute atomic E-state index is 0.0109. The second-order valence-corrected chi connectivity index (χ2v) is 6.94. The van der Waals surface area contributed by atoms with Crippen LogP contribution in [0.3, 0.4) is 0 Å². The van der Waals surface area contributed by atoms with E-state index in [-0.39, 0.29) is 17.5 Å². The summed E-state index contributed by atoms with van der Waals surface area (Å²) in [5, 5.41) is 7.76. The summed E-state index contributed by atoms with van der Waals surface area (Å²) in [7, 11) is 0. The van der Waals surface area contributed by atoms with Crippen molar-refractivity contribution in [3.8, 4) is 0 Å². The number of fused-ring (bicyclic) bond motifs is 1. The third-order valence-corrected chi connectivity index (χ3v) is 5.16. The lowest BCUT2D eigenvalue weighted by atomic mass is 9.79. The molecule has 136 valence electrons. The molecule has 2 atom stereocenters. The molecule has 0 saturated carbocycles. The monoisotopic (exact) mass is 364 g/mol. The van der Waals surface area contributed by atoms with Crippen LogP contribution in [0.4, 0.5) is 10.3 Å². The van der Waals surface area contributed by atoms with Crippen LogP contribution in [0.25, 0.3) is 0 Å². The van der Waals surface area contributed by atoms with Crippen molar-refractivity contribution in [3.63, 3.8) is 0 Å². The van der Waals surface area contributed by atoms with Gasteiger partial charge in [0, 0.05) is 23.6 Å². The lowest BCUT2D eigenvalue weighted by Crippen LogP contribution is -2.33. The smallest absolute Gasteiger partial charge is 0.226 e. The zero-order valence-electron chi connectivity index (χ0n) is 14.6. The van der Waals surface area contributed by atoms with E-state index < -0.39 is 6.04 Å². The van der Waals surface area contributed by atoms with E-state index in [9.17, 15) is 9.18 Å². The highest BCUT2D eigenvalue weighted by Crippen LogP contribution is 2.44. The molecule has 0 spiro atoms. The number of carbonyl (C=O) groups excluding carboxylic acids is 1. The second kappa shape index (κ2) is 5.90. The number of carbonyl (C=O) groups is 1. The molecule has 0 amide bonds. The lowest BCUT2D eigenvalue weighted by Gasteiger charge is -2.34. The van der Waals surface area contributed by atoms with Gasteiger partial charge in [-0.15, -0.1) is 0 Å². The predicted molar refractivity (Wildman–Crippen MR) is 95.6 cm³/mol. The number of hydrogen-bond acceptors (Lipinski definition) is 5. The number of nitrogens with zero attached hydrogens (tertiary/aromatic N) is 3. The first-order valence-corrected chi connectivity index (χ1v) is 8.85. The van der Waals surface area contributed by atoms with Gasteiger partial charge in [0.1, 0.15) is 23.4 Å². The Morgan fingerprint density at radius 3 is 2.78 bits per heavy atom. The molecular formula is C20H17FN4O2. The average molecular weight is 364 g/mol. The number of aryl methyl sites for hydroxylation is 1. The van der Waals surface area contributed by atoms with E-state index in [0.717, 1.165) is 17.0 Å². The Labute approximate surface area is 154 Å². The van der Waals surface area contributed by atoms with Crippen LogP contribution in [0.5, 0.6) is 0 Å². The maximum absolute atomic E-state index is 13.4. The summed E-state index contributed by atoms with van der Waals surface area (Å²) in [4.78, 5) is 17.6. The van der Waals surface area contributed by atoms with Gasteiger partial charge in [-0.05, 0) is 43.2 Å². The topological polar surface area (TPSA) is 73.0 Å². The quantitative estimate of drug-likeness (QED) is 0.750. The fourth-order valence-electron chi connectivity index (χ4n) is 4.00. The molecule has 3 heterocycles. The third-order valence-electron chi connectivity index (χ3n) is 5.16. The number of benzene rings is 1. The van der Waals surface area contributed by atoms with Crippen LogP contribution in [-0.2, 0) is 4.79 Å². The van der Waals surface area contributed by atoms with Gasteiger partial charge >= 0.3 is 0 Å². The van der Waals surface area contributed by atoms with Crippen molar-refractivity contribution in [2.45, 2.75) is 31.7 Å². The lowest BCUT2D eigenvalue weighted by molar-refractivity contribution is -0.117. The SMILES string of the molecule is Cc1nc2n(n1)C(c1ccc(F)cc1)C1=C(CC(c3ccco3)CC1=O)N2. The summed E-state index contributed by atoms with van der Waals surface area (Å²) in [6.45, 7) is 1.81. The Morgan fingerprint density at radius 1 is 1.22 bits per heavy atom. The van der Waals surface area contributed by atoms with E-state index in [1.807, 2.05) is 12.1 Å². The molecule has 5 rings (SSSR count). The first-order valence-electron chi connectivity index (χ1n) is 8.85. The van der Waals surface area contributed by atoms with Gasteiger partial charge in [0.2, 0.25) is 5.95 Å². The van der Waals surface area contributed by atoms with E-state index >= 15 is 0 Å². The van der Waals surface area contributed by atoms with Gasteiger partial charge in [-0.25, -0.2) is 9.07 Å². The van der Waals surface area contributed by atoms with E-state index in [1.165, 1.54) is 12.1 Å². The van der Waals surface area contributed by atoms with Crippen LogP contribution in [0, 0.1) is 12.7 Å². The van der Waals surface area contributed by atoms with Gasteiger partial charge in [0.15, 0.2) is 5.78 Å². The first-order chi connectivity index (χ1) is 13.1. The van der Waals surface area contributed by atoms with Crippen molar-refractivity contribution in [1.82, 2.24) is 14.8 Å². The van der Waals surface area contributed by atoms with Gasteiger partial charge in [-0.2, -0.15) is 10.1 Å². The van der Waals surface area contributed by atoms with Crippen LogP contribution in [-0.4, -0.2) is 20.5 Å². The molecule has 2 aromatic heterocycles. The number of allylic oxidation sites excluding steroid dienone is 2. The molecule has 1 aliphatic carbocycles. The Kier molecular flexibility index (Phi) is 3.50. The Hall–Kier alpha value is -3.22. The number of halogens is 1. The summed E-state index contributed by atoms with van der Waals surface area (Å²) in [5.74, 6) is 1.72. The summed E-state index contributed by atoms with van der Waals surface area (Å²) in [5.41, 5.74) is 2.31. The van der Waals surface area contributed by atoms with Crippen molar-refractivity contribution in [3.05, 3.63) is 76.9 Å². The third kappa shape index (κ3) is 2.58. The molecule has 0 fully saturated rings. The molecule has 1 aromatic carbocycles. The van der Waals surface area contributed by atoms with E-state index in [2.05, 4.69) is 15.4 Å². The number of rotatable bonds is 2. The maximum atomic E-state index is 13.4. The van der Waals surface area contributed by atoms with Crippen LogP contribution in [0.15, 0.2) is 58.3 Å². The summed E-state index contributed by atoms with van der Waals surface area (Å²) in [6.07, 6.45) is 2.65. The summed E-state index contributed by atoms with van der Waals surface area (Å²) < 4.78 is 20.7. The average Bonchev–Trinajstić information content (AvgIpc) is 3.29. The highest BCUT2D eigenvalue weighted by atomic mass is 19.1. The van der Waals surface area contributed by atoms with Gasteiger partial charge in [-0.3, -0.25) is 4.79 Å². The van der Waals surface area contributed by atoms with Gasteiger partial charge in [0.25, 0.3) is 0 Å². The van der Waals surface area contributed by atoms with Crippen molar-refractivity contribution in [1.29, 1.82) is 0 Å². The summed E-state index contributed by atoms with van der Waals surface area (Å²) >= 11 is 0. The molecule has 1 N–H and O–H groups in total. The Balaban J connectivity index is 1.63. The molecular weight excluding hydrogens is 347 g/mol. The Bertz CT molecular complexity index is 1050. The molecule has 3 aromatic rings. The second-order valence-electron chi connectivity index (χ2n) is 6.94. The molecule has 0 radical (unpaired) electrons. The van der Waals surface area contributed by atoms with Crippen molar-refractivity contribution >= 4 is 11.7 Å². The minimum atomic E-state index is -0.414. The van der Waals surface area contributed by atoms with Gasteiger partial charge in [-0.1, -0.05) is 12.1 Å². The van der Waals surface area contributed by atoms with Crippen LogP contribution < -0.4 is 5.32 Å². The number of Topliss-reactive ketones (excluding diaryl/α,β-unsaturated/α-hetero) is 1. The molecule has 1 aliphatic heterocycles. The zero-order chi connectivity index (χ0) is 18.5. The summed E-state index contributed by atoms with van der Waals surface area (Å²) in [6, 6.07) is 9.52. The molecule has 7 heteroatoms. The van der Waals surface area contributed by atoms with E-state index in [4.69, 9.17) is 4.42 Å². The number of furan rings is 1. The fourth-order valence-corrected chi connectivity index (χ4v) is 4.00. The Morgan fingerprint density at radius 2 is 2.04 bits per heavy atom. The van der Waals surface area contributed by atoms with Crippen molar-refractivity contribution in [2.75, 3.05) is 5.32 Å². The fraction of sp³-hybridized carbons (Fsp3) is 0.250. The molecule has 0 bridgehead atoms. The van der Waals surface area contributed by atoms with Crippen LogP contribution >= 0.6 is 0 Å². The van der Waals surface area contributed by atoms with E-state index in [0.29, 0.717) is 30.2 Å². The highest BCUT2D eigenvalue weighted by Gasteiger charge is 2.40. The number of anilines is 1. The highest BCUT2D eigenvalue weighted by molar-refractivity contribution is 6.00. The number of aromatic nitrogens is 3.